The smallest absolute Gasteiger partial charge is 0.366 e. The molecule has 1 saturated heterocycles. The van der Waals surface area contributed by atoms with Crippen LogP contribution in [0, 0.1) is 0 Å². The molecule has 2 aromatic carbocycles. The predicted octanol–water partition coefficient (Wildman–Crippen LogP) is 4.81. The number of carbonyl (C=O) groups is 3. The van der Waals surface area contributed by atoms with E-state index in [4.69, 9.17) is 4.74 Å². The maximum atomic E-state index is 13.0. The number of hydrogen-bond acceptors (Lipinski definition) is 8. The van der Waals surface area contributed by atoms with Gasteiger partial charge in [0.1, 0.15) is 17.6 Å². The second kappa shape index (κ2) is 16.5. The van der Waals surface area contributed by atoms with E-state index in [9.17, 15) is 27.6 Å². The molecule has 6 rings (SSSR count). The molecule has 2 aliphatic heterocycles. The third-order valence-corrected chi connectivity index (χ3v) is 8.46. The molecule has 2 aromatic heterocycles. The van der Waals surface area contributed by atoms with Gasteiger partial charge < -0.3 is 15.4 Å². The summed E-state index contributed by atoms with van der Waals surface area (Å²) in [7, 11) is 0. The van der Waals surface area contributed by atoms with Gasteiger partial charge >= 0.3 is 6.18 Å². The number of nitrogens with one attached hydrogen (secondary N) is 2. The molecule has 4 aromatic rings. The monoisotopic (exact) mass is 708 g/mol. The summed E-state index contributed by atoms with van der Waals surface area (Å²) in [4.78, 5) is 48.1. The topological polar surface area (TPSA) is 135 Å². The maximum absolute atomic E-state index is 13.0. The van der Waals surface area contributed by atoms with Crippen LogP contribution in [0.2, 0.25) is 0 Å². The molecule has 0 radical (unpaired) electrons. The third-order valence-electron chi connectivity index (χ3n) is 8.46. The number of rotatable bonds is 9. The summed E-state index contributed by atoms with van der Waals surface area (Å²) >= 11 is 0. The van der Waals surface area contributed by atoms with E-state index >= 15 is 0 Å². The van der Waals surface area contributed by atoms with Crippen LogP contribution >= 0.6 is 0 Å². The van der Waals surface area contributed by atoms with Gasteiger partial charge in [-0.1, -0.05) is 55.1 Å². The lowest BCUT2D eigenvalue weighted by molar-refractivity contribution is -0.141. The van der Waals surface area contributed by atoms with Crippen LogP contribution in [0.1, 0.15) is 50.6 Å². The minimum absolute atomic E-state index is 0. The lowest BCUT2D eigenvalue weighted by atomic mass is 10.0. The van der Waals surface area contributed by atoms with Crippen molar-refractivity contribution in [2.24, 2.45) is 0 Å². The molecule has 2 atom stereocenters. The summed E-state index contributed by atoms with van der Waals surface area (Å²) in [6, 6.07) is 18.8. The van der Waals surface area contributed by atoms with Crippen LogP contribution in [0.4, 0.5) is 19.0 Å². The van der Waals surface area contributed by atoms with Crippen LogP contribution in [0.15, 0.2) is 91.3 Å². The number of ether oxygens (including phenoxy) is 1. The zero-order valence-electron chi connectivity index (χ0n) is 28.3. The molecule has 12 nitrogen and oxygen atoms in total. The number of nitrogens with zero attached hydrogens (tertiary/aromatic N) is 6. The summed E-state index contributed by atoms with van der Waals surface area (Å²) in [5.74, 6) is -1.50. The first-order valence-electron chi connectivity index (χ1n) is 16.5. The Labute approximate surface area is 296 Å². The number of hydrogen-bond donors (Lipinski definition) is 2. The fourth-order valence-corrected chi connectivity index (χ4v) is 5.66. The molecule has 1 fully saturated rings. The van der Waals surface area contributed by atoms with Crippen molar-refractivity contribution in [1.82, 2.24) is 35.3 Å². The molecule has 0 saturated carbocycles. The van der Waals surface area contributed by atoms with E-state index in [2.05, 4.69) is 37.2 Å². The summed E-state index contributed by atoms with van der Waals surface area (Å²) in [5, 5.41) is 9.74. The van der Waals surface area contributed by atoms with Crippen molar-refractivity contribution in [3.8, 4) is 5.69 Å². The second-order valence-electron chi connectivity index (χ2n) is 11.9. The number of alkyl halides is 3. The lowest BCUT2D eigenvalue weighted by Crippen LogP contribution is -2.53. The number of anilines is 1. The van der Waals surface area contributed by atoms with Gasteiger partial charge in [0, 0.05) is 58.9 Å². The van der Waals surface area contributed by atoms with Gasteiger partial charge in [0.15, 0.2) is 0 Å². The Balaban J connectivity index is 0.000000300. The van der Waals surface area contributed by atoms with Crippen molar-refractivity contribution >= 4 is 23.5 Å². The maximum Gasteiger partial charge on any atom is 0.433 e. The van der Waals surface area contributed by atoms with Gasteiger partial charge in [-0.2, -0.15) is 18.3 Å². The van der Waals surface area contributed by atoms with Crippen LogP contribution in [-0.4, -0.2) is 80.9 Å². The zero-order chi connectivity index (χ0) is 36.5. The standard InChI is InChI=1S/C20H17F3N6O2.C16H22N2O2.2H2/c1-2-28-18-12(11-25-29(18)13-6-4-3-5-7-13)10-14(19(28)31)26-17(30)16-24-9-8-15(27-16)20(21,22)23;1-13(14(2)18-9-6-10-20-12-18)16(19)17-11-15-7-4-3-5-8-15;;/h3-9,11,14H,2,10H2,1H3,(H,26,30);3-5,7-8,14H,1,6,9-12H2,2H3,(H,17,19);2*1H/t14-;;;/m0.../s1. The molecule has 15 heteroatoms. The first kappa shape index (κ1) is 36.9. The molecule has 3 amide bonds. The zero-order valence-corrected chi connectivity index (χ0v) is 28.3. The third kappa shape index (κ3) is 9.04. The highest BCUT2D eigenvalue weighted by atomic mass is 19.4. The van der Waals surface area contributed by atoms with Crippen LogP contribution in [0.3, 0.4) is 0 Å². The fourth-order valence-electron chi connectivity index (χ4n) is 5.66. The Morgan fingerprint density at radius 1 is 1.10 bits per heavy atom. The normalized spacial score (nSPS) is 16.7. The van der Waals surface area contributed by atoms with Gasteiger partial charge in [0.25, 0.3) is 11.8 Å². The number of halogens is 3. The molecule has 0 bridgehead atoms. The number of fused-ring (bicyclic) bond motifs is 1. The highest BCUT2D eigenvalue weighted by Crippen LogP contribution is 2.31. The van der Waals surface area contributed by atoms with E-state index in [1.54, 1.807) is 17.8 Å². The number of carbonyl (C=O) groups excluding carboxylic acids is 3. The molecular weight excluding hydrogens is 665 g/mol. The number of benzene rings is 2. The largest absolute Gasteiger partial charge is 0.433 e. The first-order chi connectivity index (χ1) is 24.5. The average Bonchev–Trinajstić information content (AvgIpc) is 3.58. The Morgan fingerprint density at radius 2 is 1.80 bits per heavy atom. The van der Waals surface area contributed by atoms with Crippen molar-refractivity contribution in [2.75, 3.05) is 31.3 Å². The highest BCUT2D eigenvalue weighted by Gasteiger charge is 2.38. The molecule has 0 aliphatic carbocycles. The fraction of sp³-hybridized carbons (Fsp3) is 0.333. The molecule has 2 aliphatic rings. The Bertz CT molecular complexity index is 1840. The van der Waals surface area contributed by atoms with Gasteiger partial charge in [-0.3, -0.25) is 24.2 Å². The highest BCUT2D eigenvalue weighted by molar-refractivity contribution is 6.03. The summed E-state index contributed by atoms with van der Waals surface area (Å²) in [6.45, 7) is 10.9. The molecule has 1 unspecified atom stereocenters. The van der Waals surface area contributed by atoms with Gasteiger partial charge in [-0.05, 0) is 44.0 Å². The van der Waals surface area contributed by atoms with Gasteiger partial charge in [0.2, 0.25) is 11.7 Å². The van der Waals surface area contributed by atoms with Crippen LogP contribution in [0.5, 0.6) is 0 Å². The van der Waals surface area contributed by atoms with E-state index < -0.39 is 35.6 Å². The average molecular weight is 709 g/mol. The molecular formula is C36H43F3N8O4. The molecule has 4 heterocycles. The Hall–Kier alpha value is -5.41. The van der Waals surface area contributed by atoms with Crippen LogP contribution < -0.4 is 15.5 Å². The van der Waals surface area contributed by atoms with Crippen molar-refractivity contribution in [1.29, 1.82) is 0 Å². The van der Waals surface area contributed by atoms with E-state index in [0.29, 0.717) is 37.3 Å². The van der Waals surface area contributed by atoms with Crippen LogP contribution in [-0.2, 0) is 33.5 Å². The van der Waals surface area contributed by atoms with Crippen molar-refractivity contribution < 1.29 is 35.1 Å². The van der Waals surface area contributed by atoms with Crippen molar-refractivity contribution in [3.63, 3.8) is 0 Å². The molecule has 272 valence electrons. The van der Waals surface area contributed by atoms with Crippen molar-refractivity contribution in [2.45, 2.75) is 51.5 Å². The molecule has 2 N–H and O–H groups in total. The van der Waals surface area contributed by atoms with E-state index in [1.807, 2.05) is 67.6 Å². The van der Waals surface area contributed by atoms with Gasteiger partial charge in [-0.25, -0.2) is 14.6 Å². The number of aromatic nitrogens is 4. The summed E-state index contributed by atoms with van der Waals surface area (Å²) in [5.41, 5.74) is 1.94. The van der Waals surface area contributed by atoms with E-state index in [-0.39, 0.29) is 21.2 Å². The predicted molar refractivity (Wildman–Crippen MR) is 187 cm³/mol. The number of para-hydroxylation sites is 1. The minimum Gasteiger partial charge on any atom is -0.366 e. The SMILES string of the molecule is C=C(C(=O)NCc1ccccc1)C(C)N1CCCOC1.CCN1C(=O)[C@@H](NC(=O)c2nccc(C(F)(F)F)n2)Cc2cnn(-c3ccccc3)c21.[HH].[HH]. The van der Waals surface area contributed by atoms with Gasteiger partial charge in [-0.15, -0.1) is 0 Å². The van der Waals surface area contributed by atoms with Crippen molar-refractivity contribution in [3.05, 3.63) is 114 Å². The van der Waals surface area contributed by atoms with E-state index in [1.165, 1.54) is 4.90 Å². The Kier molecular flexibility index (Phi) is 11.9. The van der Waals surface area contributed by atoms with E-state index in [0.717, 1.165) is 42.6 Å². The minimum atomic E-state index is -4.71. The molecule has 51 heavy (non-hydrogen) atoms. The number of likely N-dealkylation sites (N-methyl/N-ethyl adjacent to an activating group) is 1. The van der Waals surface area contributed by atoms with Gasteiger partial charge in [0.05, 0.1) is 18.6 Å². The lowest BCUT2D eigenvalue weighted by Gasteiger charge is -2.32. The first-order valence-corrected chi connectivity index (χ1v) is 16.5. The quantitative estimate of drug-likeness (QED) is 0.237. The summed E-state index contributed by atoms with van der Waals surface area (Å²) in [6.07, 6.45) is -1.10. The van der Waals surface area contributed by atoms with Crippen LogP contribution in [0.25, 0.3) is 5.69 Å². The Morgan fingerprint density at radius 3 is 2.45 bits per heavy atom. The summed E-state index contributed by atoms with van der Waals surface area (Å²) < 4.78 is 45.7. The molecule has 0 spiro atoms. The second-order valence-corrected chi connectivity index (χ2v) is 11.9. The number of amides is 3.